The molecule has 0 heterocycles. The van der Waals surface area contributed by atoms with Crippen molar-refractivity contribution < 1.29 is 0 Å². The van der Waals surface area contributed by atoms with Gasteiger partial charge in [0, 0.05) is 16.6 Å². The van der Waals surface area contributed by atoms with Crippen molar-refractivity contribution in [2.75, 3.05) is 11.6 Å². The fourth-order valence-electron chi connectivity index (χ4n) is 2.47. The molecular formula is C14H19NS. The van der Waals surface area contributed by atoms with Crippen molar-refractivity contribution in [2.24, 2.45) is 11.8 Å². The van der Waals surface area contributed by atoms with E-state index in [1.807, 2.05) is 11.8 Å². The van der Waals surface area contributed by atoms with Crippen molar-refractivity contribution in [3.63, 3.8) is 0 Å². The predicted molar refractivity (Wildman–Crippen MR) is 71.1 cm³/mol. The van der Waals surface area contributed by atoms with Gasteiger partial charge in [0.15, 0.2) is 0 Å². The zero-order valence-electron chi connectivity index (χ0n) is 9.78. The van der Waals surface area contributed by atoms with Crippen LogP contribution in [0.15, 0.2) is 29.2 Å². The number of benzene rings is 1. The molecule has 2 fully saturated rings. The summed E-state index contributed by atoms with van der Waals surface area (Å²) in [5, 5.41) is 3.80. The van der Waals surface area contributed by atoms with E-state index in [1.54, 1.807) is 0 Å². The van der Waals surface area contributed by atoms with E-state index in [2.05, 4.69) is 35.8 Å². The maximum atomic E-state index is 3.80. The monoisotopic (exact) mass is 233 g/mol. The Labute approximate surface area is 102 Å². The first-order chi connectivity index (χ1) is 7.88. The normalized spacial score (nSPS) is 20.1. The molecule has 0 radical (unpaired) electrons. The number of nitrogens with one attached hydrogen (secondary N) is 1. The maximum absolute atomic E-state index is 3.80. The van der Waals surface area contributed by atoms with E-state index in [9.17, 15) is 0 Å². The minimum atomic E-state index is 0.758. The van der Waals surface area contributed by atoms with Gasteiger partial charge >= 0.3 is 0 Å². The quantitative estimate of drug-likeness (QED) is 0.771. The lowest BCUT2D eigenvalue weighted by atomic mass is 10.1. The van der Waals surface area contributed by atoms with Gasteiger partial charge in [0.2, 0.25) is 0 Å². The highest BCUT2D eigenvalue weighted by Crippen LogP contribution is 2.46. The molecule has 1 aromatic rings. The molecule has 0 aromatic heterocycles. The number of hydrogen-bond acceptors (Lipinski definition) is 2. The SMILES string of the molecule is CSc1ccccc1NC(C1CC1)C1CC1. The van der Waals surface area contributed by atoms with Crippen LogP contribution in [-0.2, 0) is 0 Å². The van der Waals surface area contributed by atoms with Crippen LogP contribution in [0.2, 0.25) is 0 Å². The highest BCUT2D eigenvalue weighted by Gasteiger charge is 2.41. The van der Waals surface area contributed by atoms with E-state index in [0.717, 1.165) is 17.9 Å². The van der Waals surface area contributed by atoms with Gasteiger partial charge in [0.25, 0.3) is 0 Å². The molecule has 0 aliphatic heterocycles. The van der Waals surface area contributed by atoms with Gasteiger partial charge in [-0.15, -0.1) is 11.8 Å². The highest BCUT2D eigenvalue weighted by molar-refractivity contribution is 7.98. The molecule has 1 N–H and O–H groups in total. The first-order valence-electron chi connectivity index (χ1n) is 6.28. The van der Waals surface area contributed by atoms with Crippen LogP contribution in [0.3, 0.4) is 0 Å². The summed E-state index contributed by atoms with van der Waals surface area (Å²) in [6.07, 6.45) is 7.92. The first kappa shape index (κ1) is 10.5. The third kappa shape index (κ3) is 2.22. The molecule has 0 spiro atoms. The Morgan fingerprint density at radius 1 is 1.12 bits per heavy atom. The molecule has 2 saturated carbocycles. The molecule has 3 rings (SSSR count). The lowest BCUT2D eigenvalue weighted by Gasteiger charge is -2.20. The van der Waals surface area contributed by atoms with Gasteiger partial charge in [-0.1, -0.05) is 12.1 Å². The largest absolute Gasteiger partial charge is 0.381 e. The van der Waals surface area contributed by atoms with Crippen LogP contribution >= 0.6 is 11.8 Å². The molecule has 2 aliphatic carbocycles. The van der Waals surface area contributed by atoms with E-state index in [-0.39, 0.29) is 0 Å². The second-order valence-corrected chi connectivity index (χ2v) is 5.89. The Balaban J connectivity index is 1.75. The van der Waals surface area contributed by atoms with Crippen molar-refractivity contribution in [1.82, 2.24) is 0 Å². The number of para-hydroxylation sites is 1. The average molecular weight is 233 g/mol. The van der Waals surface area contributed by atoms with Gasteiger partial charge in [-0.25, -0.2) is 0 Å². The van der Waals surface area contributed by atoms with Crippen LogP contribution in [0.5, 0.6) is 0 Å². The predicted octanol–water partition coefficient (Wildman–Crippen LogP) is 4.01. The van der Waals surface area contributed by atoms with Crippen LogP contribution in [0.1, 0.15) is 25.7 Å². The summed E-state index contributed by atoms with van der Waals surface area (Å²) in [7, 11) is 0. The van der Waals surface area contributed by atoms with Crippen molar-refractivity contribution in [1.29, 1.82) is 0 Å². The Hall–Kier alpha value is -0.630. The van der Waals surface area contributed by atoms with Gasteiger partial charge < -0.3 is 5.32 Å². The number of rotatable bonds is 5. The summed E-state index contributed by atoms with van der Waals surface area (Å²) in [4.78, 5) is 1.38. The molecule has 2 aliphatic rings. The molecule has 0 unspecified atom stereocenters. The molecule has 0 atom stereocenters. The summed E-state index contributed by atoms with van der Waals surface area (Å²) < 4.78 is 0. The zero-order valence-corrected chi connectivity index (χ0v) is 10.6. The van der Waals surface area contributed by atoms with Crippen molar-refractivity contribution in [2.45, 2.75) is 36.6 Å². The molecule has 16 heavy (non-hydrogen) atoms. The highest BCUT2D eigenvalue weighted by atomic mass is 32.2. The summed E-state index contributed by atoms with van der Waals surface area (Å²) in [5.74, 6) is 1.92. The summed E-state index contributed by atoms with van der Waals surface area (Å²) >= 11 is 1.84. The lowest BCUT2D eigenvalue weighted by Crippen LogP contribution is -2.24. The Morgan fingerprint density at radius 3 is 2.31 bits per heavy atom. The van der Waals surface area contributed by atoms with Crippen molar-refractivity contribution in [3.05, 3.63) is 24.3 Å². The number of anilines is 1. The molecule has 1 nitrogen and oxygen atoms in total. The van der Waals surface area contributed by atoms with Gasteiger partial charge in [-0.2, -0.15) is 0 Å². The standard InChI is InChI=1S/C14H19NS/c1-16-13-5-3-2-4-12(13)15-14(10-6-7-10)11-8-9-11/h2-5,10-11,14-15H,6-9H2,1H3. The van der Waals surface area contributed by atoms with Crippen LogP contribution in [0, 0.1) is 11.8 Å². The van der Waals surface area contributed by atoms with Gasteiger partial charge in [0.05, 0.1) is 0 Å². The Bertz CT molecular complexity index is 357. The van der Waals surface area contributed by atoms with Crippen LogP contribution in [0.25, 0.3) is 0 Å². The third-order valence-electron chi connectivity index (χ3n) is 3.69. The van der Waals surface area contributed by atoms with Gasteiger partial charge in [-0.3, -0.25) is 0 Å². The molecule has 2 heteroatoms. The second-order valence-electron chi connectivity index (χ2n) is 5.05. The van der Waals surface area contributed by atoms with E-state index < -0.39 is 0 Å². The van der Waals surface area contributed by atoms with E-state index in [1.165, 1.54) is 36.3 Å². The van der Waals surface area contributed by atoms with Crippen LogP contribution in [0.4, 0.5) is 5.69 Å². The smallest absolute Gasteiger partial charge is 0.0480 e. The minimum Gasteiger partial charge on any atom is -0.381 e. The fraction of sp³-hybridized carbons (Fsp3) is 0.571. The molecule has 1 aromatic carbocycles. The topological polar surface area (TPSA) is 12.0 Å². The van der Waals surface area contributed by atoms with Gasteiger partial charge in [-0.05, 0) is 55.9 Å². The molecular weight excluding hydrogens is 214 g/mol. The molecule has 0 amide bonds. The Kier molecular flexibility index (Phi) is 2.84. The van der Waals surface area contributed by atoms with Crippen LogP contribution in [-0.4, -0.2) is 12.3 Å². The van der Waals surface area contributed by atoms with Crippen molar-refractivity contribution >= 4 is 17.4 Å². The molecule has 0 bridgehead atoms. The fourth-order valence-corrected chi connectivity index (χ4v) is 3.04. The van der Waals surface area contributed by atoms with E-state index in [4.69, 9.17) is 0 Å². The van der Waals surface area contributed by atoms with Crippen LogP contribution < -0.4 is 5.32 Å². The molecule has 0 saturated heterocycles. The lowest BCUT2D eigenvalue weighted by molar-refractivity contribution is 0.566. The van der Waals surface area contributed by atoms with Gasteiger partial charge in [0.1, 0.15) is 0 Å². The average Bonchev–Trinajstić information content (AvgIpc) is 3.18. The summed E-state index contributed by atoms with van der Waals surface area (Å²) in [6.45, 7) is 0. The number of hydrogen-bond donors (Lipinski definition) is 1. The first-order valence-corrected chi connectivity index (χ1v) is 7.50. The summed E-state index contributed by atoms with van der Waals surface area (Å²) in [6, 6.07) is 9.46. The van der Waals surface area contributed by atoms with E-state index >= 15 is 0 Å². The Morgan fingerprint density at radius 2 is 1.75 bits per heavy atom. The zero-order chi connectivity index (χ0) is 11.0. The number of thioether (sulfide) groups is 1. The van der Waals surface area contributed by atoms with Crippen molar-refractivity contribution in [3.8, 4) is 0 Å². The second kappa shape index (κ2) is 4.33. The van der Waals surface area contributed by atoms with E-state index in [0.29, 0.717) is 0 Å². The third-order valence-corrected chi connectivity index (χ3v) is 4.48. The summed E-state index contributed by atoms with van der Waals surface area (Å²) in [5.41, 5.74) is 1.35. The maximum Gasteiger partial charge on any atom is 0.0480 e. The molecule has 86 valence electrons. The minimum absolute atomic E-state index is 0.758.